The molecular weight excluding hydrogens is 71.0 g/mol. The summed E-state index contributed by atoms with van der Waals surface area (Å²) in [4.78, 5) is 0. The maximum Gasteiger partial charge on any atom is 0.0563 e. The normalized spacial score (nSPS) is 10.0. The maximum atomic E-state index is 8.52. The average Bonchev–Trinajstić information content (AvgIpc) is 0.722. The fraction of sp³-hybridized carbons (Fsp3) is 1.00. The molecule has 0 spiro atoms. The Morgan fingerprint density at radius 2 is 1.17 bits per heavy atom. The van der Waals surface area contributed by atoms with Gasteiger partial charge in [-0.05, 0) is 20.8 Å². The molecule has 0 aromatic carbocycles. The third kappa shape index (κ3) is 186. The van der Waals surface area contributed by atoms with E-state index in [4.69, 9.17) is 5.11 Å². The first-order valence-corrected chi connectivity index (χ1v) is 1.72. The molecule has 0 saturated carbocycles. The van der Waals surface area contributed by atoms with Crippen LogP contribution in [0.1, 0.15) is 20.8 Å². The van der Waals surface area contributed by atoms with E-state index >= 15 is 0 Å². The molecule has 0 atom stereocenters. The molecule has 0 aliphatic carbocycles. The molecule has 0 aliphatic rings. The van der Waals surface area contributed by atoms with Crippen LogP contribution in [0.25, 0.3) is 0 Å². The van der Waals surface area contributed by atoms with Crippen LogP contribution in [0, 0.1) is 0 Å². The molecule has 1 N–H and O–H groups in total. The molecule has 0 bridgehead atoms. The predicted octanol–water partition coefficient (Wildman–Crippen LogP) is 0.396. The zero-order valence-electron chi connectivity index (χ0n) is 4.95. The predicted molar refractivity (Wildman–Crippen MR) is 27.7 cm³/mol. The van der Waals surface area contributed by atoms with Gasteiger partial charge in [-0.15, -0.1) is 0 Å². The van der Waals surface area contributed by atoms with E-state index < -0.39 is 5.60 Å². The van der Waals surface area contributed by atoms with Crippen LogP contribution in [-0.4, -0.2) is 29.6 Å². The Balaban J connectivity index is 0. The molecule has 0 rings (SSSR count). The Morgan fingerprint density at radius 1 is 1.17 bits per heavy atom. The van der Waals surface area contributed by atoms with Crippen molar-refractivity contribution in [2.24, 2.45) is 0 Å². The molecule has 0 unspecified atom stereocenters. The first-order valence-electron chi connectivity index (χ1n) is 1.72. The molecule has 6 heavy (non-hydrogen) atoms. The smallest absolute Gasteiger partial charge is 0.0563 e. The summed E-state index contributed by atoms with van der Waals surface area (Å²) < 4.78 is 0. The molecule has 0 saturated heterocycles. The van der Waals surface area contributed by atoms with Crippen LogP contribution >= 0.6 is 0 Å². The fourth-order valence-corrected chi connectivity index (χ4v) is 0. The van der Waals surface area contributed by atoms with Crippen molar-refractivity contribution in [3.8, 4) is 0 Å². The van der Waals surface area contributed by atoms with E-state index in [0.717, 1.165) is 0 Å². The number of hydrogen-bond acceptors (Lipinski definition) is 1. The van der Waals surface area contributed by atoms with E-state index in [0.29, 0.717) is 0 Å². The molecule has 0 amide bonds. The van der Waals surface area contributed by atoms with E-state index in [2.05, 4.69) is 0 Å². The minimum atomic E-state index is -0.500. The summed E-state index contributed by atoms with van der Waals surface area (Å²) in [5.41, 5.74) is -0.500. The Bertz CT molecular complexity index is 23.0. The second-order valence-electron chi connectivity index (χ2n) is 2.17. The molecule has 0 aliphatic heterocycles. The summed E-state index contributed by atoms with van der Waals surface area (Å²) in [5, 5.41) is 8.52. The van der Waals surface area contributed by atoms with E-state index in [1.165, 1.54) is 0 Å². The molecule has 0 aromatic rings. The van der Waals surface area contributed by atoms with Crippen LogP contribution in [0.4, 0.5) is 0 Å². The minimum absolute atomic E-state index is 0. The van der Waals surface area contributed by atoms with E-state index in [9.17, 15) is 0 Å². The van der Waals surface area contributed by atoms with Crippen molar-refractivity contribution in [2.45, 2.75) is 26.4 Å². The van der Waals surface area contributed by atoms with Gasteiger partial charge in [-0.1, -0.05) is 0 Å². The molecule has 2 heteroatoms. The monoisotopic (exact) mass is 81.1 g/mol. The summed E-state index contributed by atoms with van der Waals surface area (Å²) in [6.45, 7) is 5.23. The van der Waals surface area contributed by atoms with Crippen molar-refractivity contribution in [1.29, 1.82) is 0 Å². The number of aliphatic hydroxyl groups is 1. The van der Waals surface area contributed by atoms with Gasteiger partial charge in [0.2, 0.25) is 0 Å². The van der Waals surface area contributed by atoms with Crippen molar-refractivity contribution >= 4 is 18.9 Å². The topological polar surface area (TPSA) is 20.2 Å². The largest absolute Gasteiger partial charge is 0.391 e. The van der Waals surface area contributed by atoms with Gasteiger partial charge < -0.3 is 5.11 Å². The van der Waals surface area contributed by atoms with Gasteiger partial charge in [0.15, 0.2) is 0 Å². The van der Waals surface area contributed by atoms with Gasteiger partial charge in [-0.3, -0.25) is 0 Å². The summed E-state index contributed by atoms with van der Waals surface area (Å²) in [6.07, 6.45) is 0. The summed E-state index contributed by atoms with van der Waals surface area (Å²) in [5.74, 6) is 0. The number of rotatable bonds is 0. The van der Waals surface area contributed by atoms with Gasteiger partial charge in [0.05, 0.1) is 5.60 Å². The number of hydrogen-bond donors (Lipinski definition) is 1. The molecule has 1 radical (unpaired) electrons. The zero-order chi connectivity index (χ0) is 4.50. The van der Waals surface area contributed by atoms with Crippen molar-refractivity contribution in [3.05, 3.63) is 0 Å². The molecule has 0 heterocycles. The molecular formula is C4H10LiO. The van der Waals surface area contributed by atoms with Crippen molar-refractivity contribution in [1.82, 2.24) is 0 Å². The molecule has 0 aromatic heterocycles. The third-order valence-corrected chi connectivity index (χ3v) is 0. The van der Waals surface area contributed by atoms with Gasteiger partial charge in [-0.2, -0.15) is 0 Å². The summed E-state index contributed by atoms with van der Waals surface area (Å²) in [6, 6.07) is 0. The van der Waals surface area contributed by atoms with Crippen molar-refractivity contribution in [3.63, 3.8) is 0 Å². The second-order valence-corrected chi connectivity index (χ2v) is 2.17. The Kier molecular flexibility index (Phi) is 4.36. The third-order valence-electron chi connectivity index (χ3n) is 0. The molecule has 0 fully saturated rings. The SMILES string of the molecule is CC(C)(C)O.[Li]. The van der Waals surface area contributed by atoms with Crippen LogP contribution in [-0.2, 0) is 0 Å². The molecule has 1 nitrogen and oxygen atoms in total. The first-order chi connectivity index (χ1) is 2.00. The van der Waals surface area contributed by atoms with Crippen LogP contribution < -0.4 is 0 Å². The van der Waals surface area contributed by atoms with Gasteiger partial charge in [-0.25, -0.2) is 0 Å². The standard InChI is InChI=1S/C4H10O.Li/c1-4(2,3)5;/h5H,1-3H3;. The summed E-state index contributed by atoms with van der Waals surface area (Å²) >= 11 is 0. The van der Waals surface area contributed by atoms with E-state index in [1.807, 2.05) is 0 Å². The quantitative estimate of drug-likeness (QED) is 0.418. The van der Waals surface area contributed by atoms with E-state index in [1.54, 1.807) is 20.8 Å². The van der Waals surface area contributed by atoms with Crippen LogP contribution in [0.15, 0.2) is 0 Å². The van der Waals surface area contributed by atoms with Crippen LogP contribution in [0.2, 0.25) is 0 Å². The van der Waals surface area contributed by atoms with Crippen molar-refractivity contribution in [2.75, 3.05) is 0 Å². The average molecular weight is 81.1 g/mol. The Hall–Kier alpha value is 0.557. The van der Waals surface area contributed by atoms with Gasteiger partial charge in [0.1, 0.15) is 0 Å². The van der Waals surface area contributed by atoms with Gasteiger partial charge in [0.25, 0.3) is 0 Å². The zero-order valence-corrected chi connectivity index (χ0v) is 4.95. The Labute approximate surface area is 50.9 Å². The Morgan fingerprint density at radius 3 is 1.17 bits per heavy atom. The van der Waals surface area contributed by atoms with Gasteiger partial charge in [0, 0.05) is 18.9 Å². The van der Waals surface area contributed by atoms with E-state index in [-0.39, 0.29) is 18.9 Å². The second kappa shape index (κ2) is 2.68. The van der Waals surface area contributed by atoms with Crippen molar-refractivity contribution < 1.29 is 5.11 Å². The summed E-state index contributed by atoms with van der Waals surface area (Å²) in [7, 11) is 0. The minimum Gasteiger partial charge on any atom is -0.391 e. The molecule has 33 valence electrons. The maximum absolute atomic E-state index is 8.52. The first kappa shape index (κ1) is 9.75. The van der Waals surface area contributed by atoms with Gasteiger partial charge >= 0.3 is 0 Å². The van der Waals surface area contributed by atoms with Crippen LogP contribution in [0.3, 0.4) is 0 Å². The fourth-order valence-electron chi connectivity index (χ4n) is 0. The van der Waals surface area contributed by atoms with Crippen LogP contribution in [0.5, 0.6) is 0 Å².